The van der Waals surface area contributed by atoms with Gasteiger partial charge in [0.05, 0.1) is 28.5 Å². The van der Waals surface area contributed by atoms with Crippen molar-refractivity contribution in [2.45, 2.75) is 25.9 Å². The third kappa shape index (κ3) is 4.43. The van der Waals surface area contributed by atoms with E-state index in [4.69, 9.17) is 4.74 Å². The number of carbonyl (C=O) groups is 1. The van der Waals surface area contributed by atoms with Crippen LogP contribution in [0.2, 0.25) is 0 Å². The van der Waals surface area contributed by atoms with Crippen molar-refractivity contribution in [1.29, 1.82) is 0 Å². The molecule has 0 aromatic heterocycles. The number of methoxy groups -OCH3 is 1. The number of benzene rings is 2. The second kappa shape index (κ2) is 8.64. The summed E-state index contributed by atoms with van der Waals surface area (Å²) in [6, 6.07) is 12.1. The number of piperidine rings is 1. The molecule has 1 aliphatic rings. The summed E-state index contributed by atoms with van der Waals surface area (Å²) in [5.41, 5.74) is 2.43. The van der Waals surface area contributed by atoms with E-state index in [2.05, 4.69) is 10.2 Å². The van der Waals surface area contributed by atoms with Crippen LogP contribution in [0.4, 0.5) is 17.1 Å². The quantitative estimate of drug-likeness (QED) is 0.615. The average molecular weight is 369 g/mol. The molecule has 0 spiro atoms. The first-order valence-electron chi connectivity index (χ1n) is 9.01. The van der Waals surface area contributed by atoms with E-state index in [1.165, 1.54) is 31.7 Å². The zero-order chi connectivity index (χ0) is 19.2. The van der Waals surface area contributed by atoms with Gasteiger partial charge in [-0.25, -0.2) is 0 Å². The molecular weight excluding hydrogens is 346 g/mol. The van der Waals surface area contributed by atoms with Gasteiger partial charge in [-0.15, -0.1) is 0 Å². The molecule has 2 aromatic rings. The lowest BCUT2D eigenvalue weighted by Gasteiger charge is -2.30. The number of nitro groups is 1. The molecular formula is C20H23N3O4. The van der Waals surface area contributed by atoms with Gasteiger partial charge in [-0.1, -0.05) is 12.1 Å². The van der Waals surface area contributed by atoms with E-state index in [0.29, 0.717) is 11.1 Å². The first-order valence-corrected chi connectivity index (χ1v) is 9.01. The van der Waals surface area contributed by atoms with Crippen LogP contribution < -0.4 is 10.2 Å². The third-order valence-corrected chi connectivity index (χ3v) is 4.69. The highest BCUT2D eigenvalue weighted by molar-refractivity contribution is 6.06. The molecule has 3 rings (SSSR count). The number of ether oxygens (including phenoxy) is 1. The second-order valence-corrected chi connectivity index (χ2v) is 6.55. The van der Waals surface area contributed by atoms with Crippen LogP contribution in [0.1, 0.15) is 35.2 Å². The average Bonchev–Trinajstić information content (AvgIpc) is 2.69. The minimum atomic E-state index is -0.471. The molecule has 7 heteroatoms. The summed E-state index contributed by atoms with van der Waals surface area (Å²) in [5.74, 6) is -0.299. The minimum absolute atomic E-state index is 0.0536. The Kier molecular flexibility index (Phi) is 6.03. The predicted octanol–water partition coefficient (Wildman–Crippen LogP) is 3.98. The SMILES string of the molecule is COCc1cc(C(=O)Nc2ccccc2N2CCCCC2)ccc1[N+](=O)[O-]. The van der Waals surface area contributed by atoms with Crippen molar-refractivity contribution < 1.29 is 14.5 Å². The highest BCUT2D eigenvalue weighted by atomic mass is 16.6. The van der Waals surface area contributed by atoms with Crippen molar-refractivity contribution in [3.63, 3.8) is 0 Å². The maximum atomic E-state index is 12.7. The molecule has 1 aliphatic heterocycles. The van der Waals surface area contributed by atoms with E-state index in [9.17, 15) is 14.9 Å². The summed E-state index contributed by atoms with van der Waals surface area (Å²) in [7, 11) is 1.46. The van der Waals surface area contributed by atoms with Crippen molar-refractivity contribution in [2.24, 2.45) is 0 Å². The molecule has 0 radical (unpaired) electrons. The van der Waals surface area contributed by atoms with E-state index in [1.807, 2.05) is 24.3 Å². The number of nitro benzene ring substituents is 1. The van der Waals surface area contributed by atoms with Gasteiger partial charge in [0.2, 0.25) is 0 Å². The monoisotopic (exact) mass is 369 g/mol. The smallest absolute Gasteiger partial charge is 0.274 e. The maximum Gasteiger partial charge on any atom is 0.274 e. The standard InChI is InChI=1S/C20H23N3O4/c1-27-14-16-13-15(9-10-18(16)23(25)26)20(24)21-17-7-3-4-8-19(17)22-11-5-2-6-12-22/h3-4,7-10,13H,2,5-6,11-12,14H2,1H3,(H,21,24). The van der Waals surface area contributed by atoms with E-state index >= 15 is 0 Å². The van der Waals surface area contributed by atoms with Crippen LogP contribution >= 0.6 is 0 Å². The molecule has 1 fully saturated rings. The lowest BCUT2D eigenvalue weighted by molar-refractivity contribution is -0.385. The molecule has 0 aliphatic carbocycles. The summed E-state index contributed by atoms with van der Waals surface area (Å²) in [6.07, 6.45) is 3.52. The number of nitrogens with one attached hydrogen (secondary N) is 1. The number of para-hydroxylation sites is 2. The van der Waals surface area contributed by atoms with Gasteiger partial charge in [0.15, 0.2) is 0 Å². The van der Waals surface area contributed by atoms with Gasteiger partial charge in [0.25, 0.3) is 11.6 Å². The van der Waals surface area contributed by atoms with Crippen molar-refractivity contribution in [2.75, 3.05) is 30.4 Å². The third-order valence-electron chi connectivity index (χ3n) is 4.69. The number of hydrogen-bond acceptors (Lipinski definition) is 5. The summed E-state index contributed by atoms with van der Waals surface area (Å²) >= 11 is 0. The Morgan fingerprint density at radius 1 is 1.19 bits per heavy atom. The predicted molar refractivity (Wildman–Crippen MR) is 104 cm³/mol. The van der Waals surface area contributed by atoms with Crippen LogP contribution in [-0.4, -0.2) is 31.0 Å². The lowest BCUT2D eigenvalue weighted by atomic mass is 10.1. The highest BCUT2D eigenvalue weighted by Crippen LogP contribution is 2.29. The van der Waals surface area contributed by atoms with Crippen molar-refractivity contribution >= 4 is 23.0 Å². The normalized spacial score (nSPS) is 14.0. The topological polar surface area (TPSA) is 84.7 Å². The highest BCUT2D eigenvalue weighted by Gasteiger charge is 2.19. The van der Waals surface area contributed by atoms with Gasteiger partial charge in [0.1, 0.15) is 0 Å². The molecule has 0 saturated carbocycles. The van der Waals surface area contributed by atoms with Crippen molar-refractivity contribution in [3.8, 4) is 0 Å². The molecule has 27 heavy (non-hydrogen) atoms. The molecule has 1 saturated heterocycles. The van der Waals surface area contributed by atoms with Crippen LogP contribution in [-0.2, 0) is 11.3 Å². The molecule has 0 atom stereocenters. The van der Waals surface area contributed by atoms with Crippen LogP contribution in [0.15, 0.2) is 42.5 Å². The molecule has 1 heterocycles. The number of anilines is 2. The number of carbonyl (C=O) groups excluding carboxylic acids is 1. The summed E-state index contributed by atoms with van der Waals surface area (Å²) in [5, 5.41) is 14.1. The second-order valence-electron chi connectivity index (χ2n) is 6.55. The van der Waals surface area contributed by atoms with Crippen molar-refractivity contribution in [3.05, 3.63) is 63.7 Å². The number of amides is 1. The number of rotatable bonds is 6. The van der Waals surface area contributed by atoms with Gasteiger partial charge in [-0.2, -0.15) is 0 Å². The van der Waals surface area contributed by atoms with Gasteiger partial charge >= 0.3 is 0 Å². The zero-order valence-electron chi connectivity index (χ0n) is 15.3. The zero-order valence-corrected chi connectivity index (χ0v) is 15.3. The van der Waals surface area contributed by atoms with Gasteiger partial charge in [-0.05, 0) is 43.5 Å². The van der Waals surface area contributed by atoms with E-state index in [1.54, 1.807) is 0 Å². The van der Waals surface area contributed by atoms with E-state index in [0.717, 1.165) is 37.3 Å². The Morgan fingerprint density at radius 3 is 2.63 bits per heavy atom. The maximum absolute atomic E-state index is 12.7. The fraction of sp³-hybridized carbons (Fsp3) is 0.350. The largest absolute Gasteiger partial charge is 0.380 e. The van der Waals surface area contributed by atoms with Gasteiger partial charge in [0, 0.05) is 31.8 Å². The Bertz CT molecular complexity index is 832. The van der Waals surface area contributed by atoms with Crippen LogP contribution in [0.5, 0.6) is 0 Å². The van der Waals surface area contributed by atoms with Gasteiger partial charge < -0.3 is 15.0 Å². The fourth-order valence-electron chi connectivity index (χ4n) is 3.36. The summed E-state index contributed by atoms with van der Waals surface area (Å²) < 4.78 is 5.03. The molecule has 142 valence electrons. The van der Waals surface area contributed by atoms with E-state index in [-0.39, 0.29) is 18.2 Å². The Labute approximate surface area is 158 Å². The molecule has 0 bridgehead atoms. The Hall–Kier alpha value is -2.93. The number of nitrogens with zero attached hydrogens (tertiary/aromatic N) is 2. The Morgan fingerprint density at radius 2 is 1.93 bits per heavy atom. The van der Waals surface area contributed by atoms with Crippen molar-refractivity contribution in [1.82, 2.24) is 0 Å². The number of hydrogen-bond donors (Lipinski definition) is 1. The van der Waals surface area contributed by atoms with Gasteiger partial charge in [-0.3, -0.25) is 14.9 Å². The molecule has 2 aromatic carbocycles. The molecule has 0 unspecified atom stereocenters. The van der Waals surface area contributed by atoms with Crippen LogP contribution in [0.3, 0.4) is 0 Å². The summed E-state index contributed by atoms with van der Waals surface area (Å²) in [6.45, 7) is 2.02. The van der Waals surface area contributed by atoms with Crippen LogP contribution in [0.25, 0.3) is 0 Å². The minimum Gasteiger partial charge on any atom is -0.380 e. The fourth-order valence-corrected chi connectivity index (χ4v) is 3.36. The first-order chi connectivity index (χ1) is 13.1. The van der Waals surface area contributed by atoms with Crippen LogP contribution in [0, 0.1) is 10.1 Å². The molecule has 7 nitrogen and oxygen atoms in total. The van der Waals surface area contributed by atoms with E-state index < -0.39 is 4.92 Å². The lowest BCUT2D eigenvalue weighted by Crippen LogP contribution is -2.30. The molecule has 1 amide bonds. The Balaban J connectivity index is 1.83. The summed E-state index contributed by atoms with van der Waals surface area (Å²) in [4.78, 5) is 25.7. The first kappa shape index (κ1) is 18.8. The molecule has 1 N–H and O–H groups in total.